The maximum absolute atomic E-state index is 13.9. The molecule has 0 aliphatic carbocycles. The van der Waals surface area contributed by atoms with Gasteiger partial charge in [-0.05, 0) is 65.8 Å². The number of hydrogen-bond donors (Lipinski definition) is 0. The minimum absolute atomic E-state index is 0.117. The van der Waals surface area contributed by atoms with Gasteiger partial charge in [-0.3, -0.25) is 0 Å². The van der Waals surface area contributed by atoms with Crippen molar-refractivity contribution in [3.05, 3.63) is 144 Å². The van der Waals surface area contributed by atoms with Gasteiger partial charge in [-0.1, -0.05) is 93.6 Å². The largest absolute Gasteiger partial charge is 0.458 e. The normalized spacial score (nSPS) is 13.3. The van der Waals surface area contributed by atoms with E-state index in [1.54, 1.807) is 157 Å². The first-order valence-corrected chi connectivity index (χ1v) is 19.9. The number of thioether (sulfide) groups is 3. The van der Waals surface area contributed by atoms with E-state index in [2.05, 4.69) is 0 Å². The average Bonchev–Trinajstić information content (AvgIpc) is 3.18. The molecular formula is C40H42O8S3. The van der Waals surface area contributed by atoms with E-state index in [4.69, 9.17) is 18.9 Å². The molecule has 4 aromatic rings. The number of carbonyl (C=O) groups excluding carboxylic acids is 4. The minimum Gasteiger partial charge on any atom is -0.458 e. The molecule has 0 saturated carbocycles. The highest BCUT2D eigenvalue weighted by Crippen LogP contribution is 2.39. The molecule has 0 saturated heterocycles. The fourth-order valence-electron chi connectivity index (χ4n) is 5.09. The Bertz CT molecular complexity index is 1650. The van der Waals surface area contributed by atoms with Crippen LogP contribution in [-0.2, 0) is 18.9 Å². The highest BCUT2D eigenvalue weighted by Gasteiger charge is 2.46. The van der Waals surface area contributed by atoms with Crippen LogP contribution in [0.1, 0.15) is 62.2 Å². The summed E-state index contributed by atoms with van der Waals surface area (Å²) in [6, 6.07) is 33.6. The molecular weight excluding hydrogens is 705 g/mol. The van der Waals surface area contributed by atoms with Crippen LogP contribution in [0.15, 0.2) is 121 Å². The lowest BCUT2D eigenvalue weighted by Gasteiger charge is -2.38. The molecule has 0 fully saturated rings. The van der Waals surface area contributed by atoms with E-state index in [1.165, 1.54) is 0 Å². The Morgan fingerprint density at radius 1 is 0.471 bits per heavy atom. The van der Waals surface area contributed by atoms with Crippen molar-refractivity contribution in [2.45, 2.75) is 48.9 Å². The van der Waals surface area contributed by atoms with Crippen LogP contribution < -0.4 is 0 Å². The quantitative estimate of drug-likeness (QED) is 0.0524. The van der Waals surface area contributed by atoms with Gasteiger partial charge in [0.2, 0.25) is 0 Å². The van der Waals surface area contributed by atoms with Crippen LogP contribution in [0, 0.1) is 0 Å². The van der Waals surface area contributed by atoms with Crippen molar-refractivity contribution in [3.8, 4) is 0 Å². The van der Waals surface area contributed by atoms with Crippen molar-refractivity contribution < 1.29 is 38.1 Å². The van der Waals surface area contributed by atoms with Crippen molar-refractivity contribution in [1.82, 2.24) is 0 Å². The summed E-state index contributed by atoms with van der Waals surface area (Å²) in [7, 11) is 0. The van der Waals surface area contributed by atoms with E-state index < -0.39 is 54.0 Å². The number of rotatable bonds is 19. The molecule has 4 aromatic carbocycles. The molecule has 268 valence electrons. The van der Waals surface area contributed by atoms with Crippen molar-refractivity contribution in [2.75, 3.05) is 23.9 Å². The zero-order chi connectivity index (χ0) is 36.4. The first-order valence-electron chi connectivity index (χ1n) is 16.7. The number of benzene rings is 4. The van der Waals surface area contributed by atoms with Gasteiger partial charge in [0, 0.05) is 0 Å². The lowest BCUT2D eigenvalue weighted by Crippen LogP contribution is -2.53. The smallest absolute Gasteiger partial charge is 0.338 e. The van der Waals surface area contributed by atoms with E-state index in [1.807, 2.05) is 20.8 Å². The van der Waals surface area contributed by atoms with Gasteiger partial charge in [-0.2, -0.15) is 11.8 Å². The molecule has 0 bridgehead atoms. The van der Waals surface area contributed by atoms with E-state index in [-0.39, 0.29) is 21.3 Å². The molecule has 0 heterocycles. The predicted octanol–water partition coefficient (Wildman–Crippen LogP) is 8.47. The second kappa shape index (κ2) is 21.2. The molecule has 0 unspecified atom stereocenters. The summed E-state index contributed by atoms with van der Waals surface area (Å²) in [6.45, 7) is 5.60. The molecule has 0 aliphatic heterocycles. The SMILES string of the molecule is CCSC(SCC)[C@H](SCC)[C@H](OC(=O)c1ccccc1)[C@H](OC(=O)c1ccccc1)[C@@H](COC(=O)c1ccccc1)OC(=O)c1ccccc1. The van der Waals surface area contributed by atoms with Crippen molar-refractivity contribution in [2.24, 2.45) is 0 Å². The van der Waals surface area contributed by atoms with Crippen LogP contribution in [0.3, 0.4) is 0 Å². The highest BCUT2D eigenvalue weighted by atomic mass is 32.2. The van der Waals surface area contributed by atoms with Gasteiger partial charge >= 0.3 is 23.9 Å². The van der Waals surface area contributed by atoms with E-state index in [0.717, 1.165) is 11.5 Å². The summed E-state index contributed by atoms with van der Waals surface area (Å²) >= 11 is 4.93. The van der Waals surface area contributed by atoms with Gasteiger partial charge in [0.1, 0.15) is 6.61 Å². The second-order valence-electron chi connectivity index (χ2n) is 10.9. The average molecular weight is 747 g/mol. The Hall–Kier alpha value is -4.19. The van der Waals surface area contributed by atoms with E-state index in [0.29, 0.717) is 11.3 Å². The third-order valence-electron chi connectivity index (χ3n) is 7.46. The molecule has 0 radical (unpaired) electrons. The minimum atomic E-state index is -1.40. The monoisotopic (exact) mass is 746 g/mol. The van der Waals surface area contributed by atoms with Gasteiger partial charge in [0.25, 0.3) is 0 Å². The Morgan fingerprint density at radius 2 is 0.824 bits per heavy atom. The first-order chi connectivity index (χ1) is 24.9. The van der Waals surface area contributed by atoms with Gasteiger partial charge in [0.15, 0.2) is 18.3 Å². The van der Waals surface area contributed by atoms with Crippen molar-refractivity contribution in [3.63, 3.8) is 0 Å². The van der Waals surface area contributed by atoms with Gasteiger partial charge in [0.05, 0.1) is 32.1 Å². The Morgan fingerprint density at radius 3 is 1.22 bits per heavy atom. The third kappa shape index (κ3) is 11.9. The number of ether oxygens (including phenoxy) is 4. The second-order valence-corrected chi connectivity index (χ2v) is 15.5. The molecule has 0 spiro atoms. The maximum atomic E-state index is 13.9. The zero-order valence-electron chi connectivity index (χ0n) is 28.8. The van der Waals surface area contributed by atoms with Crippen LogP contribution in [0.25, 0.3) is 0 Å². The fraction of sp³-hybridized carbons (Fsp3) is 0.300. The Balaban J connectivity index is 1.86. The zero-order valence-corrected chi connectivity index (χ0v) is 31.2. The van der Waals surface area contributed by atoms with Gasteiger partial charge < -0.3 is 18.9 Å². The predicted molar refractivity (Wildman–Crippen MR) is 206 cm³/mol. The van der Waals surface area contributed by atoms with Gasteiger partial charge in [-0.15, -0.1) is 23.5 Å². The van der Waals surface area contributed by atoms with Gasteiger partial charge in [-0.25, -0.2) is 19.2 Å². The Kier molecular flexibility index (Phi) is 16.5. The molecule has 51 heavy (non-hydrogen) atoms. The fourth-order valence-corrected chi connectivity index (χ4v) is 9.52. The first kappa shape index (κ1) is 39.6. The van der Waals surface area contributed by atoms with E-state index >= 15 is 0 Å². The molecule has 0 aromatic heterocycles. The molecule has 4 atom stereocenters. The topological polar surface area (TPSA) is 105 Å². The van der Waals surface area contributed by atoms with Crippen LogP contribution in [0.5, 0.6) is 0 Å². The lowest BCUT2D eigenvalue weighted by molar-refractivity contribution is -0.101. The molecule has 8 nitrogen and oxygen atoms in total. The molecule has 0 aliphatic rings. The maximum Gasteiger partial charge on any atom is 0.338 e. The van der Waals surface area contributed by atoms with Crippen LogP contribution in [0.2, 0.25) is 0 Å². The number of hydrogen-bond acceptors (Lipinski definition) is 11. The Labute approximate surface area is 312 Å². The number of esters is 4. The summed E-state index contributed by atoms with van der Waals surface area (Å²) in [5.41, 5.74) is 1.07. The number of carbonyl (C=O) groups is 4. The van der Waals surface area contributed by atoms with E-state index in [9.17, 15) is 19.2 Å². The standard InChI is InChI=1S/C40H42O8S3/c1-4-49-35(40(50-5-2)51-6-3)34(48-39(44)31-25-17-10-18-26-31)33(47-38(43)30-23-15-9-16-24-30)32(46-37(42)29-21-13-8-14-22-29)27-45-36(41)28-19-11-7-12-20-28/h7-26,32-35,40H,4-6,27H2,1-3H3/t32-,33-,34-,35-/m1/s1. The summed E-state index contributed by atoms with van der Waals surface area (Å²) in [5, 5.41) is -0.450. The molecule has 4 rings (SSSR count). The summed E-state index contributed by atoms with van der Waals surface area (Å²) in [4.78, 5) is 54.8. The molecule has 11 heteroatoms. The summed E-state index contributed by atoms with van der Waals surface area (Å²) in [6.07, 6.45) is -3.93. The molecule has 0 amide bonds. The van der Waals surface area contributed by atoms with Crippen LogP contribution >= 0.6 is 35.3 Å². The van der Waals surface area contributed by atoms with Crippen LogP contribution in [0.4, 0.5) is 0 Å². The lowest BCUT2D eigenvalue weighted by atomic mass is 10.0. The highest BCUT2D eigenvalue weighted by molar-refractivity contribution is 8.18. The summed E-state index contributed by atoms with van der Waals surface area (Å²) in [5.74, 6) is -0.568. The third-order valence-corrected chi connectivity index (χ3v) is 11.8. The van der Waals surface area contributed by atoms with Crippen molar-refractivity contribution >= 4 is 59.2 Å². The molecule has 0 N–H and O–H groups in total. The summed E-state index contributed by atoms with van der Waals surface area (Å²) < 4.78 is 24.4. The van der Waals surface area contributed by atoms with Crippen LogP contribution in [-0.4, -0.2) is 75.9 Å². The van der Waals surface area contributed by atoms with Crippen molar-refractivity contribution in [1.29, 1.82) is 0 Å².